The Bertz CT molecular complexity index is 499. The van der Waals surface area contributed by atoms with E-state index in [1.807, 2.05) is 0 Å². The van der Waals surface area contributed by atoms with Gasteiger partial charge >= 0.3 is 5.97 Å². The maximum absolute atomic E-state index is 11.3. The first-order chi connectivity index (χ1) is 9.11. The number of carbonyl (C=O) groups is 1. The summed E-state index contributed by atoms with van der Waals surface area (Å²) in [4.78, 5) is 21.8. The molecule has 7 nitrogen and oxygen atoms in total. The Hall–Kier alpha value is -2.15. The van der Waals surface area contributed by atoms with E-state index in [0.717, 1.165) is 13.0 Å². The minimum atomic E-state index is -0.600. The summed E-state index contributed by atoms with van der Waals surface area (Å²) in [5.41, 5.74) is 0.370. The summed E-state index contributed by atoms with van der Waals surface area (Å²) >= 11 is 0. The number of nitrogens with zero attached hydrogens (tertiary/aromatic N) is 1. The fourth-order valence-electron chi connectivity index (χ4n) is 1.75. The Kier molecular flexibility index (Phi) is 3.96. The number of nitrogens with one attached hydrogen (secondary N) is 1. The molecule has 1 aromatic carbocycles. The Balaban J connectivity index is 2.16. The lowest BCUT2D eigenvalue weighted by Gasteiger charge is -2.26. The SMILES string of the molecule is COC(=O)c1ccc(NCC2CCO2)c([N+](=O)[O-])c1. The first-order valence-electron chi connectivity index (χ1n) is 5.84. The molecule has 1 saturated heterocycles. The maximum Gasteiger partial charge on any atom is 0.338 e. The van der Waals surface area contributed by atoms with E-state index in [-0.39, 0.29) is 17.4 Å². The summed E-state index contributed by atoms with van der Waals surface area (Å²) in [5.74, 6) is -0.600. The molecule has 0 radical (unpaired) electrons. The predicted molar refractivity (Wildman–Crippen MR) is 67.3 cm³/mol. The molecule has 1 fully saturated rings. The van der Waals surface area contributed by atoms with Crippen molar-refractivity contribution in [2.75, 3.05) is 25.6 Å². The maximum atomic E-state index is 11.3. The van der Waals surface area contributed by atoms with Crippen LogP contribution in [0.5, 0.6) is 0 Å². The number of rotatable bonds is 5. The van der Waals surface area contributed by atoms with Gasteiger partial charge in [-0.3, -0.25) is 10.1 Å². The summed E-state index contributed by atoms with van der Waals surface area (Å²) < 4.78 is 9.76. The second-order valence-corrected chi connectivity index (χ2v) is 4.14. The highest BCUT2D eigenvalue weighted by Crippen LogP contribution is 2.26. The van der Waals surface area contributed by atoms with Crippen LogP contribution in [0.3, 0.4) is 0 Å². The van der Waals surface area contributed by atoms with Gasteiger partial charge < -0.3 is 14.8 Å². The number of hydrogen-bond donors (Lipinski definition) is 1. The van der Waals surface area contributed by atoms with Gasteiger partial charge in [0, 0.05) is 19.2 Å². The van der Waals surface area contributed by atoms with Gasteiger partial charge in [0.2, 0.25) is 0 Å². The fourth-order valence-corrected chi connectivity index (χ4v) is 1.75. The van der Waals surface area contributed by atoms with Crippen LogP contribution < -0.4 is 5.32 Å². The normalized spacial score (nSPS) is 17.4. The molecule has 1 N–H and O–H groups in total. The number of carbonyl (C=O) groups excluding carboxylic acids is 1. The van der Waals surface area contributed by atoms with Crippen molar-refractivity contribution >= 4 is 17.3 Å². The van der Waals surface area contributed by atoms with E-state index in [4.69, 9.17) is 4.74 Å². The number of nitro benzene ring substituents is 1. The Labute approximate surface area is 109 Å². The number of hydrogen-bond acceptors (Lipinski definition) is 6. The van der Waals surface area contributed by atoms with Crippen molar-refractivity contribution in [1.82, 2.24) is 0 Å². The van der Waals surface area contributed by atoms with Crippen LogP contribution in [0.15, 0.2) is 18.2 Å². The van der Waals surface area contributed by atoms with Crippen LogP contribution in [-0.2, 0) is 9.47 Å². The van der Waals surface area contributed by atoms with Crippen molar-refractivity contribution in [3.05, 3.63) is 33.9 Å². The van der Waals surface area contributed by atoms with Gasteiger partial charge in [0.15, 0.2) is 0 Å². The van der Waals surface area contributed by atoms with Gasteiger partial charge in [0.25, 0.3) is 5.69 Å². The molecule has 1 unspecified atom stereocenters. The van der Waals surface area contributed by atoms with E-state index in [2.05, 4.69) is 10.1 Å². The van der Waals surface area contributed by atoms with Gasteiger partial charge in [-0.05, 0) is 18.6 Å². The molecular formula is C12H14N2O5. The first-order valence-corrected chi connectivity index (χ1v) is 5.84. The monoisotopic (exact) mass is 266 g/mol. The zero-order valence-electron chi connectivity index (χ0n) is 10.4. The summed E-state index contributed by atoms with van der Waals surface area (Å²) in [5, 5.41) is 14.0. The molecule has 0 amide bonds. The van der Waals surface area contributed by atoms with E-state index in [0.29, 0.717) is 12.2 Å². The highest BCUT2D eigenvalue weighted by atomic mass is 16.6. The van der Waals surface area contributed by atoms with Crippen molar-refractivity contribution in [2.24, 2.45) is 0 Å². The summed E-state index contributed by atoms with van der Waals surface area (Å²) in [6.07, 6.45) is 1.04. The molecule has 0 aromatic heterocycles. The molecule has 1 aliphatic rings. The molecule has 0 aliphatic carbocycles. The third-order valence-corrected chi connectivity index (χ3v) is 2.93. The quantitative estimate of drug-likeness (QED) is 0.494. The van der Waals surface area contributed by atoms with Crippen molar-refractivity contribution < 1.29 is 19.2 Å². The molecule has 7 heteroatoms. The Morgan fingerprint density at radius 2 is 2.37 bits per heavy atom. The average Bonchev–Trinajstić information content (AvgIpc) is 2.36. The lowest BCUT2D eigenvalue weighted by atomic mass is 10.1. The summed E-state index contributed by atoms with van der Waals surface area (Å²) in [6.45, 7) is 1.24. The van der Waals surface area contributed by atoms with Gasteiger partial charge in [0.1, 0.15) is 5.69 Å². The first kappa shape index (κ1) is 13.3. The molecule has 1 aliphatic heterocycles. The van der Waals surface area contributed by atoms with E-state index in [1.54, 1.807) is 0 Å². The highest BCUT2D eigenvalue weighted by molar-refractivity contribution is 5.91. The molecule has 1 atom stereocenters. The van der Waals surface area contributed by atoms with Gasteiger partial charge in [-0.2, -0.15) is 0 Å². The summed E-state index contributed by atoms with van der Waals surface area (Å²) in [7, 11) is 1.23. The average molecular weight is 266 g/mol. The number of benzene rings is 1. The number of nitro groups is 1. The minimum absolute atomic E-state index is 0.0971. The molecule has 0 spiro atoms. The Morgan fingerprint density at radius 3 is 2.89 bits per heavy atom. The second-order valence-electron chi connectivity index (χ2n) is 4.14. The standard InChI is InChI=1S/C12H14N2O5/c1-18-12(15)8-2-3-10(11(6-8)14(16)17)13-7-9-4-5-19-9/h2-3,6,9,13H,4-5,7H2,1H3. The van der Waals surface area contributed by atoms with E-state index < -0.39 is 10.9 Å². The van der Waals surface area contributed by atoms with Crippen molar-refractivity contribution in [2.45, 2.75) is 12.5 Å². The smallest absolute Gasteiger partial charge is 0.338 e. The minimum Gasteiger partial charge on any atom is -0.465 e. The number of esters is 1. The van der Waals surface area contributed by atoms with Gasteiger partial charge in [0.05, 0.1) is 23.7 Å². The van der Waals surface area contributed by atoms with Crippen LogP contribution in [0.1, 0.15) is 16.8 Å². The van der Waals surface area contributed by atoms with Crippen molar-refractivity contribution in [3.63, 3.8) is 0 Å². The largest absolute Gasteiger partial charge is 0.465 e. The molecule has 102 valence electrons. The molecular weight excluding hydrogens is 252 g/mol. The van der Waals surface area contributed by atoms with Crippen molar-refractivity contribution in [3.8, 4) is 0 Å². The van der Waals surface area contributed by atoms with Crippen LogP contribution >= 0.6 is 0 Å². The van der Waals surface area contributed by atoms with Gasteiger partial charge in [-0.1, -0.05) is 0 Å². The molecule has 0 bridgehead atoms. The lowest BCUT2D eigenvalue weighted by Crippen LogP contribution is -2.33. The molecule has 19 heavy (non-hydrogen) atoms. The summed E-state index contributed by atoms with van der Waals surface area (Å²) in [6, 6.07) is 4.20. The third-order valence-electron chi connectivity index (χ3n) is 2.93. The third kappa shape index (κ3) is 3.00. The lowest BCUT2D eigenvalue weighted by molar-refractivity contribution is -0.384. The van der Waals surface area contributed by atoms with E-state index in [1.165, 1.54) is 25.3 Å². The van der Waals surface area contributed by atoms with Crippen LogP contribution in [-0.4, -0.2) is 37.3 Å². The zero-order valence-corrected chi connectivity index (χ0v) is 10.4. The molecule has 1 heterocycles. The van der Waals surface area contributed by atoms with Crippen LogP contribution in [0.25, 0.3) is 0 Å². The van der Waals surface area contributed by atoms with Crippen LogP contribution in [0.4, 0.5) is 11.4 Å². The highest BCUT2D eigenvalue weighted by Gasteiger charge is 2.21. The fraction of sp³-hybridized carbons (Fsp3) is 0.417. The Morgan fingerprint density at radius 1 is 1.63 bits per heavy atom. The van der Waals surface area contributed by atoms with Crippen LogP contribution in [0, 0.1) is 10.1 Å². The van der Waals surface area contributed by atoms with Gasteiger partial charge in [-0.25, -0.2) is 4.79 Å². The van der Waals surface area contributed by atoms with Crippen molar-refractivity contribution in [1.29, 1.82) is 0 Å². The van der Waals surface area contributed by atoms with Gasteiger partial charge in [-0.15, -0.1) is 0 Å². The topological polar surface area (TPSA) is 90.7 Å². The number of anilines is 1. The second kappa shape index (κ2) is 5.66. The molecule has 0 saturated carbocycles. The van der Waals surface area contributed by atoms with E-state index in [9.17, 15) is 14.9 Å². The van der Waals surface area contributed by atoms with Crippen LogP contribution in [0.2, 0.25) is 0 Å². The zero-order chi connectivity index (χ0) is 13.8. The van der Waals surface area contributed by atoms with E-state index >= 15 is 0 Å². The predicted octanol–water partition coefficient (Wildman–Crippen LogP) is 1.58. The number of methoxy groups -OCH3 is 1. The number of ether oxygens (including phenoxy) is 2. The molecule has 1 aromatic rings. The molecule has 2 rings (SSSR count).